The van der Waals surface area contributed by atoms with E-state index in [4.69, 9.17) is 0 Å². The van der Waals surface area contributed by atoms with E-state index in [-0.39, 0.29) is 5.56 Å². The van der Waals surface area contributed by atoms with Crippen molar-refractivity contribution in [3.05, 3.63) is 52.7 Å². The average molecular weight is 268 g/mol. The SMILES string of the molecule is O=c1ccc(-c2cccnc2)c2n1C[C@@H]1C[NH2+]C[C@H]2C1. The Morgan fingerprint density at radius 1 is 1.25 bits per heavy atom. The molecule has 2 atom stereocenters. The monoisotopic (exact) mass is 268 g/mol. The number of aromatic nitrogens is 2. The molecule has 2 bridgehead atoms. The van der Waals surface area contributed by atoms with Gasteiger partial charge in [0.15, 0.2) is 0 Å². The quantitative estimate of drug-likeness (QED) is 0.823. The Labute approximate surface area is 117 Å². The number of piperidine rings is 1. The Morgan fingerprint density at radius 2 is 2.20 bits per heavy atom. The summed E-state index contributed by atoms with van der Waals surface area (Å²) in [6, 6.07) is 7.71. The number of hydrogen-bond donors (Lipinski definition) is 1. The standard InChI is InChI=1S/C16H17N3O/c20-15-4-3-14(12-2-1-5-17-8-12)16-13-6-11(7-18-9-13)10-19(15)16/h1-5,8,11,13,18H,6-7,9-10H2/p+1/t11-,13+/m0/s1. The van der Waals surface area contributed by atoms with Gasteiger partial charge in [-0.05, 0) is 18.6 Å². The lowest BCUT2D eigenvalue weighted by molar-refractivity contribution is -0.673. The van der Waals surface area contributed by atoms with E-state index < -0.39 is 0 Å². The average Bonchev–Trinajstić information content (AvgIpc) is 2.50. The van der Waals surface area contributed by atoms with Crippen molar-refractivity contribution < 1.29 is 5.32 Å². The van der Waals surface area contributed by atoms with Gasteiger partial charge in [0.1, 0.15) is 0 Å². The number of pyridine rings is 2. The summed E-state index contributed by atoms with van der Waals surface area (Å²) in [5.74, 6) is 1.13. The molecule has 0 amide bonds. The highest BCUT2D eigenvalue weighted by Crippen LogP contribution is 2.35. The third-order valence-corrected chi connectivity index (χ3v) is 4.59. The molecule has 1 fully saturated rings. The van der Waals surface area contributed by atoms with Crippen LogP contribution < -0.4 is 10.9 Å². The van der Waals surface area contributed by atoms with E-state index in [1.54, 1.807) is 12.3 Å². The van der Waals surface area contributed by atoms with Gasteiger partial charge < -0.3 is 9.88 Å². The zero-order valence-corrected chi connectivity index (χ0v) is 11.3. The molecule has 0 spiro atoms. The first-order valence-electron chi connectivity index (χ1n) is 7.29. The largest absolute Gasteiger partial charge is 0.345 e. The highest BCUT2D eigenvalue weighted by Gasteiger charge is 2.35. The van der Waals surface area contributed by atoms with Crippen LogP contribution in [0.2, 0.25) is 0 Å². The molecule has 4 nitrogen and oxygen atoms in total. The molecule has 4 heteroatoms. The molecule has 4 heterocycles. The van der Waals surface area contributed by atoms with Crippen LogP contribution in [0.25, 0.3) is 11.1 Å². The molecule has 0 saturated carbocycles. The summed E-state index contributed by atoms with van der Waals surface area (Å²) >= 11 is 0. The fourth-order valence-corrected chi connectivity index (χ4v) is 3.75. The van der Waals surface area contributed by atoms with Crippen LogP contribution in [-0.4, -0.2) is 22.6 Å². The smallest absolute Gasteiger partial charge is 0.250 e. The van der Waals surface area contributed by atoms with Gasteiger partial charge in [-0.25, -0.2) is 0 Å². The van der Waals surface area contributed by atoms with Gasteiger partial charge in [-0.1, -0.05) is 6.07 Å². The first kappa shape index (κ1) is 11.9. The summed E-state index contributed by atoms with van der Waals surface area (Å²) in [5.41, 5.74) is 3.65. The molecule has 2 aliphatic rings. The molecule has 0 aromatic carbocycles. The predicted molar refractivity (Wildman–Crippen MR) is 76.4 cm³/mol. The number of quaternary nitrogens is 1. The summed E-state index contributed by atoms with van der Waals surface area (Å²) in [6.45, 7) is 3.11. The van der Waals surface area contributed by atoms with E-state index in [0.717, 1.165) is 25.2 Å². The Hall–Kier alpha value is -1.94. The lowest BCUT2D eigenvalue weighted by Crippen LogP contribution is -2.89. The van der Waals surface area contributed by atoms with Gasteiger partial charge in [-0.3, -0.25) is 9.78 Å². The van der Waals surface area contributed by atoms with Crippen LogP contribution >= 0.6 is 0 Å². The molecular formula is C16H18N3O+. The van der Waals surface area contributed by atoms with E-state index in [0.29, 0.717) is 11.8 Å². The van der Waals surface area contributed by atoms with Gasteiger partial charge >= 0.3 is 0 Å². The Balaban J connectivity index is 1.94. The van der Waals surface area contributed by atoms with Crippen LogP contribution in [0, 0.1) is 5.92 Å². The van der Waals surface area contributed by atoms with Crippen LogP contribution in [-0.2, 0) is 6.54 Å². The van der Waals surface area contributed by atoms with Crippen molar-refractivity contribution in [1.29, 1.82) is 0 Å². The first-order valence-corrected chi connectivity index (χ1v) is 7.29. The van der Waals surface area contributed by atoms with Gasteiger partial charge in [0.2, 0.25) is 0 Å². The maximum absolute atomic E-state index is 12.2. The molecule has 1 saturated heterocycles. The van der Waals surface area contributed by atoms with Gasteiger partial charge in [0, 0.05) is 53.7 Å². The molecule has 4 rings (SSSR count). The van der Waals surface area contributed by atoms with Crippen molar-refractivity contribution in [2.45, 2.75) is 18.9 Å². The summed E-state index contributed by atoms with van der Waals surface area (Å²) in [4.78, 5) is 16.4. The Morgan fingerprint density at radius 3 is 3.05 bits per heavy atom. The number of fused-ring (bicyclic) bond motifs is 4. The van der Waals surface area contributed by atoms with Crippen LogP contribution in [0.3, 0.4) is 0 Å². The number of rotatable bonds is 1. The van der Waals surface area contributed by atoms with Crippen molar-refractivity contribution >= 4 is 0 Å². The summed E-state index contributed by atoms with van der Waals surface area (Å²) < 4.78 is 2.01. The second kappa shape index (κ2) is 4.56. The number of hydrogen-bond acceptors (Lipinski definition) is 2. The zero-order chi connectivity index (χ0) is 13.5. The molecular weight excluding hydrogens is 250 g/mol. The summed E-state index contributed by atoms with van der Waals surface area (Å²) in [7, 11) is 0. The number of nitrogens with zero attached hydrogens (tertiary/aromatic N) is 2. The van der Waals surface area contributed by atoms with Crippen molar-refractivity contribution in [2.75, 3.05) is 13.1 Å². The topological polar surface area (TPSA) is 51.5 Å². The van der Waals surface area contributed by atoms with Crippen LogP contribution in [0.1, 0.15) is 18.0 Å². The van der Waals surface area contributed by atoms with Crippen molar-refractivity contribution in [2.24, 2.45) is 5.92 Å². The minimum Gasteiger partial charge on any atom is -0.345 e. The summed E-state index contributed by atoms with van der Waals surface area (Å²) in [6.07, 6.45) is 4.89. The maximum atomic E-state index is 12.2. The highest BCUT2D eigenvalue weighted by molar-refractivity contribution is 5.66. The highest BCUT2D eigenvalue weighted by atomic mass is 16.1. The normalized spacial score (nSPS) is 24.2. The van der Waals surface area contributed by atoms with Gasteiger partial charge in [-0.15, -0.1) is 0 Å². The van der Waals surface area contributed by atoms with E-state index in [9.17, 15) is 4.79 Å². The molecule has 102 valence electrons. The van der Waals surface area contributed by atoms with Gasteiger partial charge in [0.05, 0.1) is 13.1 Å². The van der Waals surface area contributed by atoms with Gasteiger partial charge in [-0.2, -0.15) is 0 Å². The molecule has 0 radical (unpaired) electrons. The van der Waals surface area contributed by atoms with Crippen molar-refractivity contribution in [3.63, 3.8) is 0 Å². The molecule has 0 aliphatic carbocycles. The number of nitrogens with two attached hydrogens (primary N) is 1. The third kappa shape index (κ3) is 1.79. The second-order valence-corrected chi connectivity index (χ2v) is 5.88. The Bertz CT molecular complexity index is 693. The van der Waals surface area contributed by atoms with Crippen molar-refractivity contribution in [3.8, 4) is 11.1 Å². The van der Waals surface area contributed by atoms with Crippen LogP contribution in [0.5, 0.6) is 0 Å². The minimum atomic E-state index is 0.143. The maximum Gasteiger partial charge on any atom is 0.250 e. The molecule has 2 aliphatic heterocycles. The lowest BCUT2D eigenvalue weighted by atomic mass is 9.81. The first-order chi connectivity index (χ1) is 9.83. The molecule has 0 unspecified atom stereocenters. The van der Waals surface area contributed by atoms with Crippen LogP contribution in [0.4, 0.5) is 0 Å². The zero-order valence-electron chi connectivity index (χ0n) is 11.3. The van der Waals surface area contributed by atoms with E-state index in [1.807, 2.05) is 22.9 Å². The van der Waals surface area contributed by atoms with E-state index >= 15 is 0 Å². The minimum absolute atomic E-state index is 0.143. The lowest BCUT2D eigenvalue weighted by Gasteiger charge is -2.36. The summed E-state index contributed by atoms with van der Waals surface area (Å²) in [5, 5.41) is 2.40. The van der Waals surface area contributed by atoms with Gasteiger partial charge in [0.25, 0.3) is 5.56 Å². The second-order valence-electron chi connectivity index (χ2n) is 5.88. The third-order valence-electron chi connectivity index (χ3n) is 4.59. The molecule has 2 aromatic heterocycles. The van der Waals surface area contributed by atoms with E-state index in [2.05, 4.69) is 16.4 Å². The van der Waals surface area contributed by atoms with Crippen LogP contribution in [0.15, 0.2) is 41.5 Å². The molecule has 20 heavy (non-hydrogen) atoms. The molecule has 2 aromatic rings. The predicted octanol–water partition coefficient (Wildman–Crippen LogP) is 0.591. The Kier molecular flexibility index (Phi) is 2.70. The van der Waals surface area contributed by atoms with Crippen molar-refractivity contribution in [1.82, 2.24) is 9.55 Å². The fourth-order valence-electron chi connectivity index (χ4n) is 3.75. The molecule has 2 N–H and O–H groups in total. The van der Waals surface area contributed by atoms with E-state index in [1.165, 1.54) is 17.7 Å². The fraction of sp³-hybridized carbons (Fsp3) is 0.375.